The Hall–Kier alpha value is -2.65. The number of ether oxygens (including phenoxy) is 1. The summed E-state index contributed by atoms with van der Waals surface area (Å²) in [6.45, 7) is 4.04. The van der Waals surface area contributed by atoms with Gasteiger partial charge in [-0.05, 0) is 18.4 Å². The van der Waals surface area contributed by atoms with Crippen molar-refractivity contribution in [2.45, 2.75) is 6.92 Å². The van der Waals surface area contributed by atoms with E-state index in [4.69, 9.17) is 4.74 Å². The summed E-state index contributed by atoms with van der Waals surface area (Å²) in [6, 6.07) is 3.69. The first-order valence-corrected chi connectivity index (χ1v) is 10.8. The minimum Gasteiger partial charge on any atom is -0.462 e. The fourth-order valence-electron chi connectivity index (χ4n) is 3.41. The molecule has 3 aromatic rings. The quantitative estimate of drug-likeness (QED) is 0.660. The Morgan fingerprint density at radius 2 is 2.00 bits per heavy atom. The predicted octanol–water partition coefficient (Wildman–Crippen LogP) is 2.79. The molecule has 0 radical (unpaired) electrons. The molecule has 146 valence electrons. The summed E-state index contributed by atoms with van der Waals surface area (Å²) >= 11 is 2.89. The molecule has 1 fully saturated rings. The molecule has 0 unspecified atom stereocenters. The number of thiophene rings is 2. The molecule has 4 rings (SSSR count). The average molecular weight is 418 g/mol. The average Bonchev–Trinajstić information content (AvgIpc) is 3.38. The van der Waals surface area contributed by atoms with E-state index < -0.39 is 11.5 Å². The first kappa shape index (κ1) is 18.7. The molecule has 9 heteroatoms. The first-order valence-electron chi connectivity index (χ1n) is 8.97. The Kier molecular flexibility index (Phi) is 5.19. The van der Waals surface area contributed by atoms with Gasteiger partial charge in [0.25, 0.3) is 11.5 Å². The van der Waals surface area contributed by atoms with Crippen LogP contribution in [0, 0.1) is 0 Å². The standard InChI is InChI=1S/C19H19N3O4S2/c1-2-26-19(25)15-16(12-10-27-11-13(12)20-17(15)23)21-5-7-22(8-6-21)18(24)14-4-3-9-28-14/h3-4,9-11H,2,5-8H2,1H3,(H,20,23). The van der Waals surface area contributed by atoms with Gasteiger partial charge in [-0.25, -0.2) is 4.79 Å². The molecule has 0 atom stereocenters. The van der Waals surface area contributed by atoms with Crippen molar-refractivity contribution in [3.05, 3.63) is 49.1 Å². The van der Waals surface area contributed by atoms with Crippen molar-refractivity contribution in [2.75, 3.05) is 37.7 Å². The predicted molar refractivity (Wildman–Crippen MR) is 111 cm³/mol. The first-order chi connectivity index (χ1) is 13.6. The fraction of sp³-hybridized carbons (Fsp3) is 0.316. The van der Waals surface area contributed by atoms with E-state index in [9.17, 15) is 14.4 Å². The molecule has 1 amide bonds. The fourth-order valence-corrected chi connectivity index (χ4v) is 4.87. The monoisotopic (exact) mass is 417 g/mol. The summed E-state index contributed by atoms with van der Waals surface area (Å²) in [4.78, 5) is 45.0. The van der Waals surface area contributed by atoms with E-state index >= 15 is 0 Å². The molecule has 0 bridgehead atoms. The van der Waals surface area contributed by atoms with Gasteiger partial charge in [0.15, 0.2) is 0 Å². The molecule has 3 aromatic heterocycles. The van der Waals surface area contributed by atoms with Crippen LogP contribution in [0.1, 0.15) is 27.0 Å². The summed E-state index contributed by atoms with van der Waals surface area (Å²) in [5.41, 5.74) is 0.888. The molecule has 7 nitrogen and oxygen atoms in total. The number of H-pyrrole nitrogens is 1. The lowest BCUT2D eigenvalue weighted by atomic mass is 10.1. The summed E-state index contributed by atoms with van der Waals surface area (Å²) in [7, 11) is 0. The third-order valence-electron chi connectivity index (χ3n) is 4.72. The van der Waals surface area contributed by atoms with E-state index in [2.05, 4.69) is 4.98 Å². The number of nitrogens with one attached hydrogen (secondary N) is 1. The van der Waals surface area contributed by atoms with E-state index in [0.29, 0.717) is 37.4 Å². The highest BCUT2D eigenvalue weighted by atomic mass is 32.1. The van der Waals surface area contributed by atoms with Gasteiger partial charge in [-0.2, -0.15) is 0 Å². The number of esters is 1. The van der Waals surface area contributed by atoms with E-state index in [-0.39, 0.29) is 18.1 Å². The van der Waals surface area contributed by atoms with E-state index in [0.717, 1.165) is 10.3 Å². The number of piperazine rings is 1. The second kappa shape index (κ2) is 7.76. The number of aromatic nitrogens is 1. The Morgan fingerprint density at radius 1 is 1.21 bits per heavy atom. The molecule has 0 aliphatic carbocycles. The van der Waals surface area contributed by atoms with Crippen LogP contribution in [-0.2, 0) is 4.74 Å². The minimum atomic E-state index is -0.621. The molecule has 1 saturated heterocycles. The van der Waals surface area contributed by atoms with Crippen LogP contribution in [0.25, 0.3) is 10.9 Å². The van der Waals surface area contributed by atoms with Crippen LogP contribution >= 0.6 is 22.7 Å². The molecule has 28 heavy (non-hydrogen) atoms. The number of fused-ring (bicyclic) bond motifs is 1. The second-order valence-electron chi connectivity index (χ2n) is 6.35. The maximum atomic E-state index is 12.6. The van der Waals surface area contributed by atoms with Crippen LogP contribution in [0.3, 0.4) is 0 Å². The number of anilines is 1. The number of aromatic amines is 1. The zero-order valence-electron chi connectivity index (χ0n) is 15.3. The molecular weight excluding hydrogens is 398 g/mol. The van der Waals surface area contributed by atoms with Crippen molar-refractivity contribution in [1.29, 1.82) is 0 Å². The molecule has 1 aliphatic heterocycles. The highest BCUT2D eigenvalue weighted by Gasteiger charge is 2.29. The molecule has 4 heterocycles. The molecule has 0 aromatic carbocycles. The van der Waals surface area contributed by atoms with Crippen molar-refractivity contribution in [1.82, 2.24) is 9.88 Å². The number of carbonyl (C=O) groups excluding carboxylic acids is 2. The van der Waals surface area contributed by atoms with Gasteiger partial charge in [0.05, 0.1) is 22.7 Å². The second-order valence-corrected chi connectivity index (χ2v) is 8.05. The minimum absolute atomic E-state index is 0.0202. The largest absolute Gasteiger partial charge is 0.462 e. The maximum absolute atomic E-state index is 12.6. The zero-order valence-corrected chi connectivity index (χ0v) is 16.9. The van der Waals surface area contributed by atoms with Crippen LogP contribution in [-0.4, -0.2) is 54.5 Å². The summed E-state index contributed by atoms with van der Waals surface area (Å²) in [5.74, 6) is -0.601. The van der Waals surface area contributed by atoms with Crippen LogP contribution in [0.15, 0.2) is 33.1 Å². The van der Waals surface area contributed by atoms with Crippen LogP contribution in [0.4, 0.5) is 5.69 Å². The number of hydrogen-bond acceptors (Lipinski definition) is 7. The Morgan fingerprint density at radius 3 is 2.68 bits per heavy atom. The summed E-state index contributed by atoms with van der Waals surface area (Å²) in [6.07, 6.45) is 0. The van der Waals surface area contributed by atoms with Crippen LogP contribution in [0.2, 0.25) is 0 Å². The van der Waals surface area contributed by atoms with Gasteiger partial charge in [0, 0.05) is 42.3 Å². The smallest absolute Gasteiger partial charge is 0.345 e. The number of carbonyl (C=O) groups is 2. The van der Waals surface area contributed by atoms with E-state index in [1.54, 1.807) is 6.92 Å². The zero-order chi connectivity index (χ0) is 19.7. The number of pyridine rings is 1. The normalized spacial score (nSPS) is 14.5. The lowest BCUT2D eigenvalue weighted by Crippen LogP contribution is -2.49. The van der Waals surface area contributed by atoms with Gasteiger partial charge < -0.3 is 19.5 Å². The third-order valence-corrected chi connectivity index (χ3v) is 6.33. The number of nitrogens with zero attached hydrogens (tertiary/aromatic N) is 2. The van der Waals surface area contributed by atoms with Gasteiger partial charge >= 0.3 is 5.97 Å². The van der Waals surface area contributed by atoms with Crippen molar-refractivity contribution < 1.29 is 14.3 Å². The lowest BCUT2D eigenvalue weighted by molar-refractivity contribution is 0.0524. The molecule has 0 saturated carbocycles. The van der Waals surface area contributed by atoms with Crippen LogP contribution in [0.5, 0.6) is 0 Å². The Balaban J connectivity index is 1.65. The van der Waals surface area contributed by atoms with E-state index in [1.807, 2.05) is 38.1 Å². The Bertz CT molecular complexity index is 1060. The Labute approximate surface area is 169 Å². The highest BCUT2D eigenvalue weighted by molar-refractivity contribution is 7.12. The van der Waals surface area contributed by atoms with Gasteiger partial charge in [-0.3, -0.25) is 9.59 Å². The van der Waals surface area contributed by atoms with Crippen molar-refractivity contribution >= 4 is 51.1 Å². The highest BCUT2D eigenvalue weighted by Crippen LogP contribution is 2.31. The maximum Gasteiger partial charge on any atom is 0.345 e. The number of hydrogen-bond donors (Lipinski definition) is 1. The van der Waals surface area contributed by atoms with Gasteiger partial charge in [0.2, 0.25) is 0 Å². The van der Waals surface area contributed by atoms with Crippen molar-refractivity contribution in [3.8, 4) is 0 Å². The molecular formula is C19H19N3O4S2. The topological polar surface area (TPSA) is 82.7 Å². The van der Waals surface area contributed by atoms with Crippen molar-refractivity contribution in [2.24, 2.45) is 0 Å². The number of amides is 1. The summed E-state index contributed by atoms with van der Waals surface area (Å²) in [5, 5.41) is 6.49. The summed E-state index contributed by atoms with van der Waals surface area (Å²) < 4.78 is 5.13. The lowest BCUT2D eigenvalue weighted by Gasteiger charge is -2.36. The van der Waals surface area contributed by atoms with Gasteiger partial charge in [-0.15, -0.1) is 22.7 Å². The van der Waals surface area contributed by atoms with Crippen molar-refractivity contribution in [3.63, 3.8) is 0 Å². The van der Waals surface area contributed by atoms with Gasteiger partial charge in [-0.1, -0.05) is 6.07 Å². The SMILES string of the molecule is CCOC(=O)c1c(N2CCN(C(=O)c3cccs3)CC2)c2cscc2[nH]c1=O. The van der Waals surface area contributed by atoms with Gasteiger partial charge in [0.1, 0.15) is 5.56 Å². The number of rotatable bonds is 4. The third kappa shape index (κ3) is 3.31. The van der Waals surface area contributed by atoms with Crippen LogP contribution < -0.4 is 10.5 Å². The van der Waals surface area contributed by atoms with E-state index in [1.165, 1.54) is 22.7 Å². The molecule has 1 aliphatic rings. The molecule has 0 spiro atoms. The molecule has 1 N–H and O–H groups in total.